The zero-order valence-corrected chi connectivity index (χ0v) is 73.4. The van der Waals surface area contributed by atoms with Gasteiger partial charge in [-0.25, -0.2) is 0 Å². The number of amides is 8. The van der Waals surface area contributed by atoms with E-state index < -0.39 is 179 Å². The SMILES string of the molecule is O=C(NCC(CNC(=O)c1c(I)c(O)c(I)c(C(=O)NC(CO)CO)c1I)(CNC(=O)c1c(I)c(O)c(I)c(C(=O)NC(CO)CO)c1I)CNC(=O)c1c(I)c(O)c(I)c(C(=O)NC(CO)CO)c1I)c1c(I)c(O)c(I)c(C(=O)NC(CO)CO)c1I.[H-].[Na+]. The number of benzene rings is 4. The molecule has 0 saturated carbocycles. The van der Waals surface area contributed by atoms with Crippen LogP contribution in [0.4, 0.5) is 0 Å². The second kappa shape index (κ2) is 39.3. The van der Waals surface area contributed by atoms with Gasteiger partial charge >= 0.3 is 29.6 Å². The Morgan fingerprint density at radius 1 is 0.278 bits per heavy atom. The fraction of sp³-hybridized carbons (Fsp3) is 0.347. The fourth-order valence-electron chi connectivity index (χ4n) is 7.62. The van der Waals surface area contributed by atoms with Gasteiger partial charge in [-0.05, 0) is 271 Å². The van der Waals surface area contributed by atoms with Gasteiger partial charge in [0.1, 0.15) is 23.0 Å². The van der Waals surface area contributed by atoms with Crippen LogP contribution in [0.2, 0.25) is 0 Å². The van der Waals surface area contributed by atoms with Crippen LogP contribution in [-0.2, 0) is 0 Å². The third-order valence-corrected chi connectivity index (χ3v) is 25.3. The summed E-state index contributed by atoms with van der Waals surface area (Å²) in [5.41, 5.74) is -4.18. The molecule has 28 nitrogen and oxygen atoms in total. The third-order valence-electron chi connectivity index (χ3n) is 12.6. The van der Waals surface area contributed by atoms with E-state index in [1.165, 1.54) is 0 Å². The molecule has 0 aliphatic carbocycles. The number of nitrogens with one attached hydrogen (secondary N) is 8. The number of carbonyl (C=O) groups is 8. The average molecular weight is 2620 g/mol. The van der Waals surface area contributed by atoms with E-state index in [0.29, 0.717) is 0 Å². The molecule has 4 aromatic carbocycles. The molecule has 0 fully saturated rings. The molecule has 0 heterocycles. The van der Waals surface area contributed by atoms with Crippen molar-refractivity contribution >= 4 is 318 Å². The molecule has 490 valence electrons. The van der Waals surface area contributed by atoms with Crippen molar-refractivity contribution < 1.29 is 131 Å². The van der Waals surface area contributed by atoms with Crippen LogP contribution in [0, 0.1) is 48.3 Å². The van der Waals surface area contributed by atoms with Crippen molar-refractivity contribution in [1.82, 2.24) is 42.5 Å². The van der Waals surface area contributed by atoms with E-state index in [2.05, 4.69) is 42.5 Å². The van der Waals surface area contributed by atoms with E-state index in [1.807, 2.05) is 0 Å². The molecule has 0 aromatic heterocycles. The summed E-state index contributed by atoms with van der Waals surface area (Å²) >= 11 is 20.1. The van der Waals surface area contributed by atoms with E-state index in [-0.39, 0.29) is 118 Å². The van der Waals surface area contributed by atoms with Gasteiger partial charge in [0.15, 0.2) is 0 Å². The van der Waals surface area contributed by atoms with Crippen molar-refractivity contribution in [2.24, 2.45) is 5.41 Å². The first-order valence-corrected chi connectivity index (χ1v) is 37.5. The smallest absolute Gasteiger partial charge is 1.00 e. The molecule has 8 amide bonds. The van der Waals surface area contributed by atoms with Crippen molar-refractivity contribution in [2.75, 3.05) is 79.0 Å². The Bertz CT molecular complexity index is 3020. The van der Waals surface area contributed by atoms with Crippen molar-refractivity contribution in [3.8, 4) is 23.0 Å². The van der Waals surface area contributed by atoms with Crippen molar-refractivity contribution in [3.63, 3.8) is 0 Å². The third kappa shape index (κ3) is 20.3. The molecule has 0 aliphatic rings. The number of halogens is 12. The number of rotatable bonds is 28. The van der Waals surface area contributed by atoms with E-state index in [4.69, 9.17) is 0 Å². The second-order valence-electron chi connectivity index (χ2n) is 18.5. The van der Waals surface area contributed by atoms with Crippen LogP contribution in [0.15, 0.2) is 0 Å². The van der Waals surface area contributed by atoms with E-state index >= 15 is 0 Å². The summed E-state index contributed by atoms with van der Waals surface area (Å²) in [4.78, 5) is 115. The van der Waals surface area contributed by atoms with Crippen LogP contribution in [0.1, 0.15) is 84.3 Å². The number of aromatic hydroxyl groups is 4. The van der Waals surface area contributed by atoms with Gasteiger partial charge in [-0.15, -0.1) is 0 Å². The number of phenols is 4. The van der Waals surface area contributed by atoms with E-state index in [0.717, 1.165) is 0 Å². The number of hydrogen-bond donors (Lipinski definition) is 20. The van der Waals surface area contributed by atoms with Crippen LogP contribution >= 0.6 is 271 Å². The maximum Gasteiger partial charge on any atom is 1.00 e. The molecule has 0 atom stereocenters. The molecule has 0 unspecified atom stereocenters. The molecular formula is C49H49I12N8NaO20. The van der Waals surface area contributed by atoms with Gasteiger partial charge in [-0.2, -0.15) is 0 Å². The monoisotopic (exact) mass is 2620 g/mol. The summed E-state index contributed by atoms with van der Waals surface area (Å²) in [6.07, 6.45) is 0. The number of phenolic OH excluding ortho intramolecular Hbond substituents is 4. The minimum atomic E-state index is -1.97. The van der Waals surface area contributed by atoms with Gasteiger partial charge in [0, 0.05) is 45.9 Å². The van der Waals surface area contributed by atoms with Gasteiger partial charge in [0.05, 0.1) is 150 Å². The fourth-order valence-corrected chi connectivity index (χ4v) is 24.2. The van der Waals surface area contributed by atoms with Gasteiger partial charge < -0.3 is 105 Å². The minimum Gasteiger partial charge on any atom is -1.00 e. The quantitative estimate of drug-likeness (QED) is 0.0245. The van der Waals surface area contributed by atoms with Crippen molar-refractivity contribution in [2.45, 2.75) is 24.2 Å². The summed E-state index contributed by atoms with van der Waals surface area (Å²) in [6.45, 7) is -8.41. The zero-order valence-electron chi connectivity index (χ0n) is 46.5. The molecule has 4 rings (SSSR count). The summed E-state index contributed by atoms with van der Waals surface area (Å²) in [5.74, 6) is -9.85. The van der Waals surface area contributed by atoms with Crippen LogP contribution in [0.3, 0.4) is 0 Å². The molecule has 0 spiro atoms. The van der Waals surface area contributed by atoms with Gasteiger partial charge in [-0.3, -0.25) is 38.4 Å². The van der Waals surface area contributed by atoms with Crippen LogP contribution in [0.5, 0.6) is 23.0 Å². The molecule has 20 N–H and O–H groups in total. The van der Waals surface area contributed by atoms with Crippen molar-refractivity contribution in [3.05, 3.63) is 87.3 Å². The van der Waals surface area contributed by atoms with Crippen LogP contribution < -0.4 is 72.1 Å². The first kappa shape index (κ1) is 85.5. The number of aliphatic hydroxyl groups is 8. The molecule has 0 aliphatic heterocycles. The summed E-state index contributed by atoms with van der Waals surface area (Å²) < 4.78 is -0.670. The van der Waals surface area contributed by atoms with Gasteiger partial charge in [0.25, 0.3) is 47.3 Å². The average Bonchev–Trinajstić information content (AvgIpc) is 0.812. The predicted molar refractivity (Wildman–Crippen MR) is 420 cm³/mol. The maximum absolute atomic E-state index is 14.9. The molecule has 41 heteroatoms. The standard InChI is InChI=1S/C49H48I12N8O20.Na.H/c50-25-17(29(54)37(78)33(58)21(25)45(86)66-13(1-70)2-71)41(82)62-9-49(10-63-42(83)18-26(51)22(34(59)38(79)30(18)55)46(87)67-14(3-72)4-73,11-64-43(84)19-27(52)23(35(60)39(80)31(19)56)47(88)68-15(5-74)6-75)12-65-44(85)20-28(53)24(36(61)40(81)32(20)57)48(89)69-16(7-76)8-77;;/h13-16,70-81H,1-12H2,(H,62,82)(H,63,83)(H,64,84)(H,65,85)(H,66,86)(H,67,87)(H,68,88)(H,69,89);;/q;+1;-1. The molecule has 0 radical (unpaired) electrons. The minimum absolute atomic E-state index is 0. The summed E-state index contributed by atoms with van der Waals surface area (Å²) in [6, 6.07) is -4.65. The topological polar surface area (TPSA) is 476 Å². The second-order valence-corrected chi connectivity index (χ2v) is 31.5. The Morgan fingerprint density at radius 2 is 0.411 bits per heavy atom. The van der Waals surface area contributed by atoms with E-state index in [1.54, 1.807) is 271 Å². The van der Waals surface area contributed by atoms with Crippen LogP contribution in [-0.4, -0.2) is 212 Å². The Hall–Kier alpha value is 1.28. The predicted octanol–water partition coefficient (Wildman–Crippen LogP) is -0.781. The Balaban J connectivity index is 0.0000141. The van der Waals surface area contributed by atoms with E-state index in [9.17, 15) is 99.6 Å². The summed E-state index contributed by atoms with van der Waals surface area (Å²) in [5, 5.41) is 144. The Morgan fingerprint density at radius 3 is 0.544 bits per heavy atom. The maximum atomic E-state index is 14.9. The van der Waals surface area contributed by atoms with Gasteiger partial charge in [0.2, 0.25) is 0 Å². The number of carbonyl (C=O) groups excluding carboxylic acids is 8. The van der Waals surface area contributed by atoms with Crippen LogP contribution in [0.25, 0.3) is 0 Å². The zero-order chi connectivity index (χ0) is 67.4. The van der Waals surface area contributed by atoms with Gasteiger partial charge in [-0.1, -0.05) is 0 Å². The first-order chi connectivity index (χ1) is 41.8. The largest absolute Gasteiger partial charge is 1.00 e. The number of aliphatic hydroxyl groups excluding tert-OH is 8. The summed E-state index contributed by atoms with van der Waals surface area (Å²) in [7, 11) is 0. The Kier molecular flexibility index (Phi) is 37.4. The normalized spacial score (nSPS) is 11.4. The first-order valence-electron chi connectivity index (χ1n) is 24.6. The molecule has 90 heavy (non-hydrogen) atoms. The molecule has 0 bridgehead atoms. The molecule has 4 aromatic rings. The molecule has 0 saturated heterocycles. The van der Waals surface area contributed by atoms with Crippen molar-refractivity contribution in [1.29, 1.82) is 0 Å². The Labute approximate surface area is 698 Å². The molecular weight excluding hydrogens is 2570 g/mol. The number of hydrogen-bond acceptors (Lipinski definition) is 20.